The fourth-order valence-electron chi connectivity index (χ4n) is 1.90. The Morgan fingerprint density at radius 1 is 1.27 bits per heavy atom. The van der Waals surface area contributed by atoms with Crippen LogP contribution in [0.3, 0.4) is 0 Å². The number of hydrogen-bond acceptors (Lipinski definition) is 4. The van der Waals surface area contributed by atoms with Crippen molar-refractivity contribution in [1.29, 1.82) is 5.26 Å². The molecule has 6 heteroatoms. The first kappa shape index (κ1) is 16.3. The molecule has 0 heterocycles. The summed E-state index contributed by atoms with van der Waals surface area (Å²) in [4.78, 5) is 0. The number of ether oxygens (including phenoxy) is 2. The summed E-state index contributed by atoms with van der Waals surface area (Å²) in [6, 6.07) is 7.08. The molecule has 0 unspecified atom stereocenters. The molecule has 1 aliphatic carbocycles. The number of para-hydroxylation sites is 1. The number of allylic oxidation sites excluding steroid dienone is 5. The first-order chi connectivity index (χ1) is 10.6. The van der Waals surface area contributed by atoms with E-state index in [0.29, 0.717) is 29.4 Å². The van der Waals surface area contributed by atoms with Crippen molar-refractivity contribution in [2.45, 2.75) is 19.4 Å². The highest BCUT2D eigenvalue weighted by atomic mass is 35.5. The van der Waals surface area contributed by atoms with Gasteiger partial charge in [0.25, 0.3) is 6.26 Å². The van der Waals surface area contributed by atoms with Gasteiger partial charge in [0.05, 0.1) is 10.1 Å². The van der Waals surface area contributed by atoms with Crippen LogP contribution in [0, 0.1) is 11.5 Å². The van der Waals surface area contributed by atoms with Crippen LogP contribution in [0.2, 0.25) is 0 Å². The minimum absolute atomic E-state index is 0.0966. The number of aliphatic hydroxyl groups excluding tert-OH is 1. The monoisotopic (exact) mass is 337 g/mol. The van der Waals surface area contributed by atoms with Crippen LogP contribution in [0.5, 0.6) is 5.75 Å². The van der Waals surface area contributed by atoms with Gasteiger partial charge in [-0.1, -0.05) is 47.5 Å². The van der Waals surface area contributed by atoms with Crippen molar-refractivity contribution in [3.8, 4) is 12.0 Å². The van der Waals surface area contributed by atoms with Gasteiger partial charge < -0.3 is 14.6 Å². The summed E-state index contributed by atoms with van der Waals surface area (Å²) in [6.45, 7) is 0.204. The molecule has 0 spiro atoms. The molecule has 0 saturated carbocycles. The maximum absolute atomic E-state index is 9.70. The third-order valence-corrected chi connectivity index (χ3v) is 3.67. The van der Waals surface area contributed by atoms with Crippen LogP contribution < -0.4 is 4.74 Å². The van der Waals surface area contributed by atoms with E-state index < -0.39 is 0 Å². The molecule has 1 aromatic carbocycles. The second kappa shape index (κ2) is 7.79. The normalized spacial score (nSPS) is 23.1. The van der Waals surface area contributed by atoms with E-state index in [9.17, 15) is 5.11 Å². The molecule has 0 radical (unpaired) electrons. The maximum atomic E-state index is 9.70. The van der Waals surface area contributed by atoms with Crippen LogP contribution in [0.4, 0.5) is 0 Å². The van der Waals surface area contributed by atoms with Crippen molar-refractivity contribution >= 4 is 23.2 Å². The Morgan fingerprint density at radius 3 is 2.82 bits per heavy atom. The van der Waals surface area contributed by atoms with E-state index in [4.69, 9.17) is 37.9 Å². The van der Waals surface area contributed by atoms with Crippen LogP contribution in [-0.4, -0.2) is 5.11 Å². The van der Waals surface area contributed by atoms with Gasteiger partial charge in [0, 0.05) is 18.1 Å². The molecule has 0 bridgehead atoms. The van der Waals surface area contributed by atoms with Crippen molar-refractivity contribution in [2.24, 2.45) is 0 Å². The predicted octanol–water partition coefficient (Wildman–Crippen LogP) is 4.87. The lowest BCUT2D eigenvalue weighted by molar-refractivity contribution is 0.186. The Balaban J connectivity index is 2.15. The zero-order valence-corrected chi connectivity index (χ0v) is 13.1. The number of benzene rings is 1. The van der Waals surface area contributed by atoms with Crippen molar-refractivity contribution in [3.63, 3.8) is 0 Å². The second-order valence-corrected chi connectivity index (χ2v) is 5.30. The van der Waals surface area contributed by atoms with E-state index in [0.717, 1.165) is 5.56 Å². The van der Waals surface area contributed by atoms with Gasteiger partial charge in [-0.2, -0.15) is 0 Å². The Hall–Kier alpha value is -2.09. The van der Waals surface area contributed by atoms with Gasteiger partial charge in [0.15, 0.2) is 0 Å². The predicted molar refractivity (Wildman–Crippen MR) is 84.2 cm³/mol. The zero-order valence-electron chi connectivity index (χ0n) is 11.6. The molecule has 2 rings (SSSR count). The highest BCUT2D eigenvalue weighted by molar-refractivity contribution is 6.33. The molecule has 0 saturated heterocycles. The zero-order chi connectivity index (χ0) is 15.9. The Labute approximate surface area is 138 Å². The highest BCUT2D eigenvalue weighted by Crippen LogP contribution is 2.28. The molecule has 0 aromatic heterocycles. The molecule has 0 atom stereocenters. The SMILES string of the molecule is N#COc1ccccc1CO/C1=C(Cl)/C=C(O)\C(Cl)=C/CC1. The lowest BCUT2D eigenvalue weighted by Crippen LogP contribution is -2.00. The lowest BCUT2D eigenvalue weighted by atomic mass is 10.1. The average molecular weight is 338 g/mol. The van der Waals surface area contributed by atoms with Gasteiger partial charge in [-0.15, -0.1) is 5.26 Å². The first-order valence-electron chi connectivity index (χ1n) is 6.53. The van der Waals surface area contributed by atoms with Crippen LogP contribution in [0.25, 0.3) is 0 Å². The topological polar surface area (TPSA) is 62.5 Å². The fraction of sp³-hybridized carbons (Fsp3) is 0.188. The van der Waals surface area contributed by atoms with Crippen molar-refractivity contribution < 1.29 is 14.6 Å². The number of halogens is 2. The molecule has 1 N–H and O–H groups in total. The van der Waals surface area contributed by atoms with E-state index in [1.807, 2.05) is 6.07 Å². The summed E-state index contributed by atoms with van der Waals surface area (Å²) in [5.74, 6) is 0.884. The third-order valence-electron chi connectivity index (χ3n) is 3.00. The molecule has 0 aliphatic heterocycles. The molecule has 0 amide bonds. The van der Waals surface area contributed by atoms with E-state index in [1.165, 1.54) is 6.08 Å². The Kier molecular flexibility index (Phi) is 5.76. The maximum Gasteiger partial charge on any atom is 0.292 e. The number of nitriles is 1. The van der Waals surface area contributed by atoms with Gasteiger partial charge in [0.1, 0.15) is 23.9 Å². The number of nitrogens with zero attached hydrogens (tertiary/aromatic N) is 1. The summed E-state index contributed by atoms with van der Waals surface area (Å²) in [6.07, 6.45) is 5.85. The van der Waals surface area contributed by atoms with E-state index in [-0.39, 0.29) is 17.4 Å². The summed E-state index contributed by atoms with van der Waals surface area (Å²) in [5, 5.41) is 18.9. The smallest absolute Gasteiger partial charge is 0.292 e. The van der Waals surface area contributed by atoms with Crippen LogP contribution >= 0.6 is 23.2 Å². The van der Waals surface area contributed by atoms with Crippen molar-refractivity contribution in [1.82, 2.24) is 0 Å². The van der Waals surface area contributed by atoms with Gasteiger partial charge in [0.2, 0.25) is 0 Å². The summed E-state index contributed by atoms with van der Waals surface area (Å²) in [5.41, 5.74) is 0.727. The molecule has 22 heavy (non-hydrogen) atoms. The largest absolute Gasteiger partial charge is 0.506 e. The molecular weight excluding hydrogens is 325 g/mol. The van der Waals surface area contributed by atoms with E-state index >= 15 is 0 Å². The highest BCUT2D eigenvalue weighted by Gasteiger charge is 2.12. The van der Waals surface area contributed by atoms with E-state index in [2.05, 4.69) is 0 Å². The first-order valence-corrected chi connectivity index (χ1v) is 7.29. The third kappa shape index (κ3) is 4.20. The van der Waals surface area contributed by atoms with Crippen LogP contribution in [0.1, 0.15) is 18.4 Å². The molecular formula is C16H13Cl2NO3. The van der Waals surface area contributed by atoms with Gasteiger partial charge in [-0.3, -0.25) is 0 Å². The molecule has 114 valence electrons. The lowest BCUT2D eigenvalue weighted by Gasteiger charge is -2.14. The van der Waals surface area contributed by atoms with Crippen LogP contribution in [-0.2, 0) is 11.3 Å². The van der Waals surface area contributed by atoms with Crippen LogP contribution in [0.15, 0.2) is 58.0 Å². The molecule has 4 nitrogen and oxygen atoms in total. The second-order valence-electron chi connectivity index (χ2n) is 4.48. The minimum Gasteiger partial charge on any atom is -0.506 e. The summed E-state index contributed by atoms with van der Waals surface area (Å²) in [7, 11) is 0. The van der Waals surface area contributed by atoms with Gasteiger partial charge in [-0.05, 0) is 12.5 Å². The van der Waals surface area contributed by atoms with Gasteiger partial charge in [-0.25, -0.2) is 0 Å². The Morgan fingerprint density at radius 2 is 2.05 bits per heavy atom. The van der Waals surface area contributed by atoms with Crippen molar-refractivity contribution in [3.05, 3.63) is 63.6 Å². The fourth-order valence-corrected chi connectivity index (χ4v) is 2.32. The molecule has 1 aliphatic rings. The number of rotatable bonds is 4. The molecule has 0 fully saturated rings. The number of hydrogen-bond donors (Lipinski definition) is 1. The molecule has 1 aromatic rings. The summed E-state index contributed by atoms with van der Waals surface area (Å²) < 4.78 is 10.6. The Bertz CT molecular complexity index is 687. The van der Waals surface area contributed by atoms with Gasteiger partial charge >= 0.3 is 0 Å². The number of aliphatic hydroxyl groups is 1. The van der Waals surface area contributed by atoms with Crippen molar-refractivity contribution in [2.75, 3.05) is 0 Å². The summed E-state index contributed by atoms with van der Waals surface area (Å²) >= 11 is 12.0. The average Bonchev–Trinajstić information content (AvgIpc) is 2.50. The minimum atomic E-state index is -0.0966. The standard InChI is InChI=1S/C16H13Cl2NO3/c17-12-5-3-7-16(13(18)8-14(12)20)21-9-11-4-1-2-6-15(11)22-10-19/h1-2,4-6,8,20H,3,7,9H2/b12-5+,14-8+,16-13-. The van der Waals surface area contributed by atoms with E-state index in [1.54, 1.807) is 30.5 Å². The quantitative estimate of drug-likeness (QED) is 0.796.